The Hall–Kier alpha value is -1.75. The molecule has 2 rings (SSSR count). The van der Waals surface area contributed by atoms with E-state index in [-0.39, 0.29) is 5.56 Å². The third-order valence-electron chi connectivity index (χ3n) is 2.83. The normalized spacial score (nSPS) is 10.8. The highest BCUT2D eigenvalue weighted by atomic mass is 35.5. The molecule has 2 aromatic heterocycles. The first-order valence-corrected chi connectivity index (χ1v) is 6.00. The predicted octanol–water partition coefficient (Wildman–Crippen LogP) is 2.18. The summed E-state index contributed by atoms with van der Waals surface area (Å²) >= 11 is 6.24. The first kappa shape index (κ1) is 12.7. The molecule has 0 unspecified atom stereocenters. The number of aryl methyl sites for hydroxylation is 2. The van der Waals surface area contributed by atoms with Gasteiger partial charge in [-0.2, -0.15) is 5.10 Å². The van der Waals surface area contributed by atoms with Crippen LogP contribution in [-0.2, 0) is 20.0 Å². The van der Waals surface area contributed by atoms with Crippen molar-refractivity contribution in [2.45, 2.75) is 19.9 Å². The number of rotatable bonds is 4. The van der Waals surface area contributed by atoms with Crippen molar-refractivity contribution >= 4 is 17.6 Å². The summed E-state index contributed by atoms with van der Waals surface area (Å²) in [5, 5.41) is 13.8. The SMILES string of the molecule is CCc1nn(C)c(Cn2ccc(C(=O)O)c2)c1Cl. The van der Waals surface area contributed by atoms with Crippen molar-refractivity contribution in [3.8, 4) is 0 Å². The van der Waals surface area contributed by atoms with Crippen LogP contribution >= 0.6 is 11.6 Å². The Balaban J connectivity index is 2.28. The molecule has 0 aromatic carbocycles. The zero-order valence-electron chi connectivity index (χ0n) is 10.2. The molecule has 0 saturated carbocycles. The van der Waals surface area contributed by atoms with Crippen molar-refractivity contribution in [2.75, 3.05) is 0 Å². The van der Waals surface area contributed by atoms with Gasteiger partial charge < -0.3 is 9.67 Å². The van der Waals surface area contributed by atoms with Crippen molar-refractivity contribution in [2.24, 2.45) is 7.05 Å². The molecule has 2 aromatic rings. The Morgan fingerprint density at radius 2 is 2.28 bits per heavy atom. The van der Waals surface area contributed by atoms with Crippen LogP contribution in [0, 0.1) is 0 Å². The number of carbonyl (C=O) groups is 1. The summed E-state index contributed by atoms with van der Waals surface area (Å²) in [7, 11) is 1.84. The minimum Gasteiger partial charge on any atom is -0.478 e. The Labute approximate surface area is 110 Å². The van der Waals surface area contributed by atoms with Crippen LogP contribution in [0.25, 0.3) is 0 Å². The van der Waals surface area contributed by atoms with E-state index in [1.807, 2.05) is 14.0 Å². The average molecular weight is 268 g/mol. The second kappa shape index (κ2) is 4.86. The van der Waals surface area contributed by atoms with Crippen LogP contribution in [-0.4, -0.2) is 25.4 Å². The third-order valence-corrected chi connectivity index (χ3v) is 3.27. The van der Waals surface area contributed by atoms with Crippen LogP contribution in [0.2, 0.25) is 5.02 Å². The minimum atomic E-state index is -0.931. The molecule has 96 valence electrons. The van der Waals surface area contributed by atoms with Crippen molar-refractivity contribution in [1.82, 2.24) is 14.3 Å². The number of halogens is 1. The fraction of sp³-hybridized carbons (Fsp3) is 0.333. The van der Waals surface area contributed by atoms with Crippen LogP contribution in [0.5, 0.6) is 0 Å². The van der Waals surface area contributed by atoms with Crippen LogP contribution in [0.15, 0.2) is 18.5 Å². The zero-order chi connectivity index (χ0) is 13.3. The molecular formula is C12H14ClN3O2. The maximum Gasteiger partial charge on any atom is 0.337 e. The molecule has 0 atom stereocenters. The number of hydrogen-bond donors (Lipinski definition) is 1. The third kappa shape index (κ3) is 2.26. The predicted molar refractivity (Wildman–Crippen MR) is 68.1 cm³/mol. The van der Waals surface area contributed by atoms with Gasteiger partial charge >= 0.3 is 5.97 Å². The Morgan fingerprint density at radius 3 is 2.78 bits per heavy atom. The number of nitrogens with zero attached hydrogens (tertiary/aromatic N) is 3. The van der Waals surface area contributed by atoms with Gasteiger partial charge in [0.25, 0.3) is 0 Å². The molecule has 1 N–H and O–H groups in total. The highest BCUT2D eigenvalue weighted by molar-refractivity contribution is 6.31. The molecule has 2 heterocycles. The fourth-order valence-electron chi connectivity index (χ4n) is 1.83. The van der Waals surface area contributed by atoms with Gasteiger partial charge in [0.1, 0.15) is 0 Å². The summed E-state index contributed by atoms with van der Waals surface area (Å²) in [4.78, 5) is 10.8. The van der Waals surface area contributed by atoms with Gasteiger partial charge in [0.05, 0.1) is 28.5 Å². The lowest BCUT2D eigenvalue weighted by Crippen LogP contribution is -2.04. The van der Waals surface area contributed by atoms with E-state index in [9.17, 15) is 4.79 Å². The van der Waals surface area contributed by atoms with Crippen LogP contribution in [0.1, 0.15) is 28.7 Å². The summed E-state index contributed by atoms with van der Waals surface area (Å²) in [5.74, 6) is -0.931. The maximum atomic E-state index is 10.8. The topological polar surface area (TPSA) is 60.0 Å². The number of hydrogen-bond acceptors (Lipinski definition) is 2. The van der Waals surface area contributed by atoms with Crippen molar-refractivity contribution in [3.05, 3.63) is 40.4 Å². The highest BCUT2D eigenvalue weighted by Crippen LogP contribution is 2.21. The molecule has 0 bridgehead atoms. The van der Waals surface area contributed by atoms with Gasteiger partial charge in [0, 0.05) is 19.4 Å². The molecule has 0 fully saturated rings. The summed E-state index contributed by atoms with van der Waals surface area (Å²) in [5.41, 5.74) is 2.00. The molecule has 0 amide bonds. The first-order chi connectivity index (χ1) is 8.52. The van der Waals surface area contributed by atoms with Gasteiger partial charge in [0.15, 0.2) is 0 Å². The molecule has 18 heavy (non-hydrogen) atoms. The van der Waals surface area contributed by atoms with Gasteiger partial charge in [-0.1, -0.05) is 18.5 Å². The lowest BCUT2D eigenvalue weighted by atomic mass is 10.3. The molecule has 0 aliphatic carbocycles. The smallest absolute Gasteiger partial charge is 0.337 e. The van der Waals surface area contributed by atoms with E-state index in [2.05, 4.69) is 5.10 Å². The van der Waals surface area contributed by atoms with Gasteiger partial charge in [0.2, 0.25) is 0 Å². The second-order valence-corrected chi connectivity index (χ2v) is 4.44. The average Bonchev–Trinajstić information content (AvgIpc) is 2.89. The Bertz CT molecular complexity index is 586. The standard InChI is InChI=1S/C12H14ClN3O2/c1-3-9-11(13)10(15(2)14-9)7-16-5-4-8(6-16)12(17)18/h4-6H,3,7H2,1-2H3,(H,17,18). The van der Waals surface area contributed by atoms with Crippen LogP contribution in [0.3, 0.4) is 0 Å². The van der Waals surface area contributed by atoms with E-state index in [0.717, 1.165) is 17.8 Å². The lowest BCUT2D eigenvalue weighted by molar-refractivity contribution is 0.0697. The van der Waals surface area contributed by atoms with Crippen molar-refractivity contribution in [1.29, 1.82) is 0 Å². The number of carboxylic acids is 1. The first-order valence-electron chi connectivity index (χ1n) is 5.62. The summed E-state index contributed by atoms with van der Waals surface area (Å²) in [6.45, 7) is 2.51. The summed E-state index contributed by atoms with van der Waals surface area (Å²) in [6.07, 6.45) is 4.08. The zero-order valence-corrected chi connectivity index (χ0v) is 11.0. The molecule has 0 aliphatic heterocycles. The minimum absolute atomic E-state index is 0.268. The number of aromatic nitrogens is 3. The molecule has 0 aliphatic rings. The second-order valence-electron chi connectivity index (χ2n) is 4.06. The van der Waals surface area contributed by atoms with E-state index >= 15 is 0 Å². The summed E-state index contributed by atoms with van der Waals surface area (Å²) in [6, 6.07) is 1.56. The lowest BCUT2D eigenvalue weighted by Gasteiger charge is -2.04. The molecule has 0 radical (unpaired) electrons. The highest BCUT2D eigenvalue weighted by Gasteiger charge is 2.13. The quantitative estimate of drug-likeness (QED) is 0.924. The maximum absolute atomic E-state index is 10.8. The van der Waals surface area contributed by atoms with Gasteiger partial charge in [-0.15, -0.1) is 0 Å². The fourth-order valence-corrected chi connectivity index (χ4v) is 2.18. The van der Waals surface area contributed by atoms with Gasteiger partial charge in [-0.05, 0) is 12.5 Å². The summed E-state index contributed by atoms with van der Waals surface area (Å²) < 4.78 is 3.52. The van der Waals surface area contributed by atoms with E-state index in [1.165, 1.54) is 0 Å². The molecular weight excluding hydrogens is 254 g/mol. The van der Waals surface area contributed by atoms with Crippen LogP contribution < -0.4 is 0 Å². The van der Waals surface area contributed by atoms with E-state index in [4.69, 9.17) is 16.7 Å². The number of carboxylic acid groups (broad SMARTS) is 1. The van der Waals surface area contributed by atoms with Crippen molar-refractivity contribution < 1.29 is 9.90 Å². The number of aromatic carboxylic acids is 1. The van der Waals surface area contributed by atoms with Gasteiger partial charge in [-0.3, -0.25) is 4.68 Å². The molecule has 6 heteroatoms. The largest absolute Gasteiger partial charge is 0.478 e. The Kier molecular flexibility index (Phi) is 3.43. The molecule has 0 saturated heterocycles. The van der Waals surface area contributed by atoms with E-state index < -0.39 is 5.97 Å². The monoisotopic (exact) mass is 267 g/mol. The molecule has 0 spiro atoms. The van der Waals surface area contributed by atoms with Crippen molar-refractivity contribution in [3.63, 3.8) is 0 Å². The van der Waals surface area contributed by atoms with E-state index in [0.29, 0.717) is 11.6 Å². The van der Waals surface area contributed by atoms with E-state index in [1.54, 1.807) is 27.7 Å². The van der Waals surface area contributed by atoms with Gasteiger partial charge in [-0.25, -0.2) is 4.79 Å². The molecule has 5 nitrogen and oxygen atoms in total. The Morgan fingerprint density at radius 1 is 1.56 bits per heavy atom. The van der Waals surface area contributed by atoms with Crippen LogP contribution in [0.4, 0.5) is 0 Å².